The van der Waals surface area contributed by atoms with Crippen LogP contribution in [0.5, 0.6) is 0 Å². The van der Waals surface area contributed by atoms with Crippen LogP contribution in [0.3, 0.4) is 0 Å². The van der Waals surface area contributed by atoms with E-state index >= 15 is 0 Å². The minimum Gasteiger partial charge on any atom is -0.477 e. The summed E-state index contributed by atoms with van der Waals surface area (Å²) >= 11 is 5.85. The van der Waals surface area contributed by atoms with E-state index in [1.54, 1.807) is 12.1 Å². The maximum absolute atomic E-state index is 10.8. The van der Waals surface area contributed by atoms with E-state index in [1.807, 2.05) is 12.1 Å². The monoisotopic (exact) mass is 251 g/mol. The largest absolute Gasteiger partial charge is 0.477 e. The van der Waals surface area contributed by atoms with E-state index in [0.717, 1.165) is 5.56 Å². The number of carbonyl (C=O) groups is 1. The van der Waals surface area contributed by atoms with Crippen molar-refractivity contribution in [3.63, 3.8) is 0 Å². The highest BCUT2D eigenvalue weighted by Gasteiger charge is 2.13. The highest BCUT2D eigenvalue weighted by molar-refractivity contribution is 6.30. The van der Waals surface area contributed by atoms with Gasteiger partial charge in [0.2, 0.25) is 0 Å². The number of anilines is 1. The first-order chi connectivity index (χ1) is 8.08. The van der Waals surface area contributed by atoms with Gasteiger partial charge in [0, 0.05) is 5.02 Å². The first kappa shape index (κ1) is 11.5. The number of benzene rings is 1. The fourth-order valence-corrected chi connectivity index (χ4v) is 1.71. The van der Waals surface area contributed by atoms with E-state index < -0.39 is 5.97 Å². The molecule has 0 amide bonds. The van der Waals surface area contributed by atoms with Gasteiger partial charge in [0.1, 0.15) is 11.4 Å². The quantitative estimate of drug-likeness (QED) is 0.873. The minimum atomic E-state index is -1.08. The van der Waals surface area contributed by atoms with Crippen LogP contribution in [-0.4, -0.2) is 20.9 Å². The predicted molar refractivity (Wildman–Crippen MR) is 64.2 cm³/mol. The number of nitrogens with zero attached hydrogens (tertiary/aromatic N) is 2. The zero-order chi connectivity index (χ0) is 12.4. The van der Waals surface area contributed by atoms with Gasteiger partial charge in [-0.2, -0.15) is 5.10 Å². The number of hydrogen-bond donors (Lipinski definition) is 2. The molecular weight excluding hydrogens is 242 g/mol. The first-order valence-corrected chi connectivity index (χ1v) is 5.24. The minimum absolute atomic E-state index is 0.00651. The molecule has 1 heterocycles. The van der Waals surface area contributed by atoms with Crippen LogP contribution in [0, 0.1) is 0 Å². The van der Waals surface area contributed by atoms with E-state index in [2.05, 4.69) is 5.10 Å². The van der Waals surface area contributed by atoms with Gasteiger partial charge in [0.25, 0.3) is 0 Å². The van der Waals surface area contributed by atoms with Crippen LogP contribution in [0.25, 0.3) is 0 Å². The van der Waals surface area contributed by atoms with Gasteiger partial charge in [0.05, 0.1) is 12.7 Å². The van der Waals surface area contributed by atoms with E-state index in [-0.39, 0.29) is 11.4 Å². The lowest BCUT2D eigenvalue weighted by molar-refractivity contribution is 0.0698. The molecule has 88 valence electrons. The Balaban J connectivity index is 2.28. The van der Waals surface area contributed by atoms with Gasteiger partial charge in [-0.1, -0.05) is 23.7 Å². The molecule has 0 unspecified atom stereocenters. The molecule has 3 N–H and O–H groups in total. The first-order valence-electron chi connectivity index (χ1n) is 4.87. The summed E-state index contributed by atoms with van der Waals surface area (Å²) in [6.07, 6.45) is 1.24. The summed E-state index contributed by atoms with van der Waals surface area (Å²) in [6, 6.07) is 7.23. The number of nitrogen functional groups attached to an aromatic ring is 1. The van der Waals surface area contributed by atoms with Gasteiger partial charge in [-0.15, -0.1) is 0 Å². The maximum Gasteiger partial charge on any atom is 0.341 e. The van der Waals surface area contributed by atoms with E-state index in [4.69, 9.17) is 22.4 Å². The number of rotatable bonds is 3. The lowest BCUT2D eigenvalue weighted by Crippen LogP contribution is -2.08. The van der Waals surface area contributed by atoms with Crippen LogP contribution in [0.15, 0.2) is 30.5 Å². The van der Waals surface area contributed by atoms with Crippen LogP contribution in [0.1, 0.15) is 15.9 Å². The van der Waals surface area contributed by atoms with Crippen molar-refractivity contribution in [3.05, 3.63) is 46.6 Å². The molecule has 5 nitrogen and oxygen atoms in total. The van der Waals surface area contributed by atoms with Crippen molar-refractivity contribution >= 4 is 23.4 Å². The van der Waals surface area contributed by atoms with Gasteiger partial charge in [-0.05, 0) is 17.7 Å². The smallest absolute Gasteiger partial charge is 0.341 e. The summed E-state index contributed by atoms with van der Waals surface area (Å²) in [6.45, 7) is 0.389. The molecule has 0 aliphatic rings. The second-order valence-corrected chi connectivity index (χ2v) is 3.97. The SMILES string of the molecule is Nc1c(C(=O)O)cnn1Cc1cccc(Cl)c1. The molecule has 0 aliphatic heterocycles. The van der Waals surface area contributed by atoms with Crippen molar-refractivity contribution in [2.75, 3.05) is 5.73 Å². The standard InChI is InChI=1S/C11H10ClN3O2/c12-8-3-1-2-7(4-8)6-15-10(13)9(5-14-15)11(16)17/h1-5H,6,13H2,(H,16,17). The molecule has 0 saturated carbocycles. The summed E-state index contributed by atoms with van der Waals surface area (Å²) in [5.74, 6) is -0.947. The topological polar surface area (TPSA) is 81.1 Å². The molecule has 17 heavy (non-hydrogen) atoms. The molecule has 0 spiro atoms. The van der Waals surface area contributed by atoms with Crippen LogP contribution in [0.4, 0.5) is 5.82 Å². The molecule has 0 fully saturated rings. The Morgan fingerprint density at radius 2 is 2.29 bits per heavy atom. The Labute approximate surface area is 102 Å². The molecule has 6 heteroatoms. The van der Waals surface area contributed by atoms with Crippen molar-refractivity contribution in [2.24, 2.45) is 0 Å². The molecule has 2 aromatic rings. The highest BCUT2D eigenvalue weighted by atomic mass is 35.5. The number of halogens is 1. The normalized spacial score (nSPS) is 10.4. The lowest BCUT2D eigenvalue weighted by atomic mass is 10.2. The fourth-order valence-electron chi connectivity index (χ4n) is 1.49. The number of carboxylic acids is 1. The Bertz CT molecular complexity index is 566. The zero-order valence-corrected chi connectivity index (χ0v) is 9.55. The van der Waals surface area contributed by atoms with Crippen molar-refractivity contribution in [1.29, 1.82) is 0 Å². The second kappa shape index (κ2) is 4.47. The number of carboxylic acid groups (broad SMARTS) is 1. The Kier molecular flexibility index (Phi) is 3.01. The number of nitrogens with two attached hydrogens (primary N) is 1. The van der Waals surface area contributed by atoms with Gasteiger partial charge >= 0.3 is 5.97 Å². The second-order valence-electron chi connectivity index (χ2n) is 3.54. The molecule has 1 aromatic heterocycles. The van der Waals surface area contributed by atoms with Gasteiger partial charge in [-0.25, -0.2) is 9.48 Å². The summed E-state index contributed by atoms with van der Waals surface area (Å²) in [5.41, 5.74) is 6.59. The summed E-state index contributed by atoms with van der Waals surface area (Å²) < 4.78 is 1.43. The molecule has 2 rings (SSSR count). The highest BCUT2D eigenvalue weighted by Crippen LogP contribution is 2.15. The lowest BCUT2D eigenvalue weighted by Gasteiger charge is -2.04. The Morgan fingerprint density at radius 3 is 2.88 bits per heavy atom. The predicted octanol–water partition coefficient (Wildman–Crippen LogP) is 1.87. The van der Waals surface area contributed by atoms with Crippen LogP contribution < -0.4 is 5.73 Å². The molecule has 0 atom stereocenters. The third-order valence-corrected chi connectivity index (χ3v) is 2.57. The van der Waals surface area contributed by atoms with Gasteiger partial charge in [0.15, 0.2) is 0 Å². The maximum atomic E-state index is 10.8. The molecule has 1 aromatic carbocycles. The summed E-state index contributed by atoms with van der Waals surface area (Å²) in [4.78, 5) is 10.8. The summed E-state index contributed by atoms with van der Waals surface area (Å²) in [7, 11) is 0. The van der Waals surface area contributed by atoms with Crippen LogP contribution >= 0.6 is 11.6 Å². The molecule has 0 radical (unpaired) electrons. The summed E-state index contributed by atoms with van der Waals surface area (Å²) in [5, 5.41) is 13.4. The Hall–Kier alpha value is -2.01. The fraction of sp³-hybridized carbons (Fsp3) is 0.0909. The number of aromatic carboxylic acids is 1. The van der Waals surface area contributed by atoms with Gasteiger partial charge < -0.3 is 10.8 Å². The van der Waals surface area contributed by atoms with Crippen molar-refractivity contribution < 1.29 is 9.90 Å². The third kappa shape index (κ3) is 2.39. The number of hydrogen-bond acceptors (Lipinski definition) is 3. The third-order valence-electron chi connectivity index (χ3n) is 2.33. The number of aromatic nitrogens is 2. The Morgan fingerprint density at radius 1 is 1.53 bits per heavy atom. The van der Waals surface area contributed by atoms with E-state index in [9.17, 15) is 4.79 Å². The molecule has 0 saturated heterocycles. The molecule has 0 aliphatic carbocycles. The van der Waals surface area contributed by atoms with E-state index in [1.165, 1.54) is 10.9 Å². The van der Waals surface area contributed by atoms with Crippen LogP contribution in [0.2, 0.25) is 5.02 Å². The van der Waals surface area contributed by atoms with Crippen LogP contribution in [-0.2, 0) is 6.54 Å². The van der Waals surface area contributed by atoms with E-state index in [0.29, 0.717) is 11.6 Å². The average Bonchev–Trinajstić information content (AvgIpc) is 2.61. The molecular formula is C11H10ClN3O2. The zero-order valence-electron chi connectivity index (χ0n) is 8.80. The van der Waals surface area contributed by atoms with Crippen molar-refractivity contribution in [1.82, 2.24) is 9.78 Å². The van der Waals surface area contributed by atoms with Gasteiger partial charge in [-0.3, -0.25) is 0 Å². The van der Waals surface area contributed by atoms with Crippen molar-refractivity contribution in [2.45, 2.75) is 6.54 Å². The van der Waals surface area contributed by atoms with Crippen molar-refractivity contribution in [3.8, 4) is 0 Å². The molecule has 0 bridgehead atoms. The average molecular weight is 252 g/mol.